The number of rotatable bonds is 8. The second-order valence-corrected chi connectivity index (χ2v) is 8.97. The Hall–Kier alpha value is -3.80. The molecule has 2 amide bonds. The molecule has 0 bridgehead atoms. The Balaban J connectivity index is 1.53. The fourth-order valence-electron chi connectivity index (χ4n) is 3.78. The number of benzene rings is 3. The number of carbonyl (C=O) groups excluding carboxylic acids is 2. The van der Waals surface area contributed by atoms with E-state index in [4.69, 9.17) is 28.9 Å². The average molecular weight is 566 g/mol. The second-order valence-electron chi connectivity index (χ2n) is 8.16. The Bertz CT molecular complexity index is 1490. The lowest BCUT2D eigenvalue weighted by Crippen LogP contribution is -2.23. The molecule has 0 saturated carbocycles. The minimum atomic E-state index is -4.89. The Kier molecular flexibility index (Phi) is 8.10. The molecule has 0 aliphatic rings. The number of fused-ring (bicyclic) bond motifs is 1. The van der Waals surface area contributed by atoms with Gasteiger partial charge in [-0.15, -0.1) is 13.2 Å². The third-order valence-electron chi connectivity index (χ3n) is 5.51. The van der Waals surface area contributed by atoms with Gasteiger partial charge in [0.2, 0.25) is 5.91 Å². The van der Waals surface area contributed by atoms with Crippen LogP contribution in [0.3, 0.4) is 0 Å². The first-order valence-corrected chi connectivity index (χ1v) is 11.9. The first-order valence-electron chi connectivity index (χ1n) is 11.1. The van der Waals surface area contributed by atoms with Gasteiger partial charge < -0.3 is 21.1 Å². The number of hydrogen-bond donors (Lipinski definition) is 4. The minimum absolute atomic E-state index is 0.0707. The van der Waals surface area contributed by atoms with Crippen molar-refractivity contribution in [2.75, 3.05) is 17.2 Å². The van der Waals surface area contributed by atoms with Crippen LogP contribution in [0, 0.1) is 0 Å². The van der Waals surface area contributed by atoms with Crippen molar-refractivity contribution >= 4 is 57.4 Å². The molecule has 13 heteroatoms. The zero-order valence-electron chi connectivity index (χ0n) is 19.4. The summed E-state index contributed by atoms with van der Waals surface area (Å²) in [5.41, 5.74) is 7.27. The molecule has 0 fully saturated rings. The van der Waals surface area contributed by atoms with Crippen LogP contribution in [0.2, 0.25) is 10.0 Å². The highest BCUT2D eigenvalue weighted by Crippen LogP contribution is 2.30. The van der Waals surface area contributed by atoms with Crippen LogP contribution in [-0.2, 0) is 4.79 Å². The van der Waals surface area contributed by atoms with E-state index >= 15 is 0 Å². The summed E-state index contributed by atoms with van der Waals surface area (Å²) in [7, 11) is 0. The van der Waals surface area contributed by atoms with Gasteiger partial charge in [-0.05, 0) is 67.1 Å². The summed E-state index contributed by atoms with van der Waals surface area (Å²) < 4.78 is 41.4. The van der Waals surface area contributed by atoms with Crippen molar-refractivity contribution in [3.8, 4) is 5.75 Å². The van der Waals surface area contributed by atoms with Crippen molar-refractivity contribution in [3.05, 3.63) is 81.8 Å². The molecule has 4 aromatic rings. The van der Waals surface area contributed by atoms with E-state index in [1.165, 1.54) is 12.1 Å². The van der Waals surface area contributed by atoms with E-state index in [1.54, 1.807) is 36.4 Å². The predicted molar refractivity (Wildman–Crippen MR) is 139 cm³/mol. The minimum Gasteiger partial charge on any atom is -0.406 e. The number of amides is 2. The molecule has 0 aliphatic carbocycles. The van der Waals surface area contributed by atoms with Gasteiger partial charge in [0, 0.05) is 16.6 Å². The molecule has 0 aliphatic heterocycles. The monoisotopic (exact) mass is 565 g/mol. The summed E-state index contributed by atoms with van der Waals surface area (Å²) in [6.07, 6.45) is -4.53. The number of aromatic nitrogens is 2. The van der Waals surface area contributed by atoms with Crippen LogP contribution in [0.25, 0.3) is 10.9 Å². The number of nitrogens with zero attached hydrogens (tertiary/aromatic N) is 1. The highest BCUT2D eigenvalue weighted by molar-refractivity contribution is 6.42. The van der Waals surface area contributed by atoms with Gasteiger partial charge in [0.1, 0.15) is 5.75 Å². The van der Waals surface area contributed by atoms with Gasteiger partial charge in [-0.25, -0.2) is 0 Å². The van der Waals surface area contributed by atoms with Crippen molar-refractivity contribution < 1.29 is 27.5 Å². The molecule has 38 heavy (non-hydrogen) atoms. The number of nitrogens with one attached hydrogen (secondary N) is 3. The molecule has 3 aromatic carbocycles. The van der Waals surface area contributed by atoms with Gasteiger partial charge in [-0.1, -0.05) is 35.3 Å². The highest BCUT2D eigenvalue weighted by Gasteiger charge is 2.31. The molecular formula is C25H20Cl2F3N5O3. The van der Waals surface area contributed by atoms with Crippen LogP contribution >= 0.6 is 23.2 Å². The molecule has 1 unspecified atom stereocenters. The summed E-state index contributed by atoms with van der Waals surface area (Å²) in [5.74, 6) is -2.05. The van der Waals surface area contributed by atoms with Crippen LogP contribution in [0.1, 0.15) is 28.3 Å². The second kappa shape index (κ2) is 11.3. The van der Waals surface area contributed by atoms with Crippen molar-refractivity contribution in [1.29, 1.82) is 0 Å². The molecule has 1 heterocycles. The van der Waals surface area contributed by atoms with Crippen LogP contribution in [-0.4, -0.2) is 34.9 Å². The van der Waals surface area contributed by atoms with E-state index in [2.05, 4.69) is 25.6 Å². The smallest absolute Gasteiger partial charge is 0.406 e. The van der Waals surface area contributed by atoms with Gasteiger partial charge in [-0.3, -0.25) is 14.7 Å². The number of nitrogens with two attached hydrogens (primary N) is 1. The highest BCUT2D eigenvalue weighted by atomic mass is 35.5. The van der Waals surface area contributed by atoms with E-state index in [-0.39, 0.29) is 23.8 Å². The maximum atomic E-state index is 13.1. The van der Waals surface area contributed by atoms with Crippen molar-refractivity contribution in [1.82, 2.24) is 10.2 Å². The van der Waals surface area contributed by atoms with Gasteiger partial charge in [0.15, 0.2) is 5.82 Å². The zero-order valence-corrected chi connectivity index (χ0v) is 20.9. The number of halogens is 5. The summed E-state index contributed by atoms with van der Waals surface area (Å²) in [6, 6.07) is 14.5. The standard InChI is InChI=1S/C25H20Cl2F3N5O3/c26-19-6-4-13(11-20(19)27)17(8-9-31)24(37)32-15-5-7-21-18(12-15)22(35-34-21)33-23(36)14-2-1-3-16(10-14)38-25(28,29)30/h1-7,10-12,17H,8-9,31H2,(H,32,37)(H2,33,34,35,36). The van der Waals surface area contributed by atoms with Gasteiger partial charge in [0.25, 0.3) is 5.91 Å². The number of ether oxygens (including phenoxy) is 1. The van der Waals surface area contributed by atoms with E-state index in [9.17, 15) is 22.8 Å². The Morgan fingerprint density at radius 1 is 1.03 bits per heavy atom. The van der Waals surface area contributed by atoms with Crippen molar-refractivity contribution in [2.45, 2.75) is 18.7 Å². The number of anilines is 2. The molecule has 5 N–H and O–H groups in total. The normalized spacial score (nSPS) is 12.3. The molecule has 0 saturated heterocycles. The topological polar surface area (TPSA) is 122 Å². The number of alkyl halides is 3. The lowest BCUT2D eigenvalue weighted by molar-refractivity contribution is -0.274. The van der Waals surface area contributed by atoms with E-state index in [1.807, 2.05) is 0 Å². The predicted octanol–water partition coefficient (Wildman–Crippen LogP) is 6.09. The molecular weight excluding hydrogens is 546 g/mol. The fraction of sp³-hybridized carbons (Fsp3) is 0.160. The Morgan fingerprint density at radius 3 is 2.53 bits per heavy atom. The maximum absolute atomic E-state index is 13.1. The van der Waals surface area contributed by atoms with Gasteiger partial charge in [-0.2, -0.15) is 5.10 Å². The van der Waals surface area contributed by atoms with E-state index in [0.717, 1.165) is 12.1 Å². The summed E-state index contributed by atoms with van der Waals surface area (Å²) in [6.45, 7) is 0.254. The lowest BCUT2D eigenvalue weighted by Gasteiger charge is -2.17. The van der Waals surface area contributed by atoms with Crippen LogP contribution < -0.4 is 21.1 Å². The quantitative estimate of drug-likeness (QED) is 0.206. The molecule has 1 aromatic heterocycles. The molecule has 0 spiro atoms. The number of carbonyl (C=O) groups is 2. The first-order chi connectivity index (χ1) is 18.0. The number of hydrogen-bond acceptors (Lipinski definition) is 5. The van der Waals surface area contributed by atoms with Gasteiger partial charge in [0.05, 0.1) is 21.5 Å². The van der Waals surface area contributed by atoms with Crippen LogP contribution in [0.4, 0.5) is 24.7 Å². The number of H-pyrrole nitrogens is 1. The molecule has 198 valence electrons. The summed E-state index contributed by atoms with van der Waals surface area (Å²) in [4.78, 5) is 25.8. The van der Waals surface area contributed by atoms with Gasteiger partial charge >= 0.3 is 6.36 Å². The van der Waals surface area contributed by atoms with E-state index in [0.29, 0.717) is 38.6 Å². The largest absolute Gasteiger partial charge is 0.573 e. The number of aromatic amines is 1. The molecule has 4 rings (SSSR count). The molecule has 1 atom stereocenters. The SMILES string of the molecule is NCCC(C(=O)Nc1ccc2[nH]nc(NC(=O)c3cccc(OC(F)(F)F)c3)c2c1)c1ccc(Cl)c(Cl)c1. The fourth-order valence-corrected chi connectivity index (χ4v) is 4.08. The Labute approximate surface area is 224 Å². The van der Waals surface area contributed by atoms with Crippen LogP contribution in [0.5, 0.6) is 5.75 Å². The lowest BCUT2D eigenvalue weighted by atomic mass is 9.94. The molecule has 0 radical (unpaired) electrons. The van der Waals surface area contributed by atoms with E-state index < -0.39 is 23.9 Å². The zero-order chi connectivity index (χ0) is 27.4. The Morgan fingerprint density at radius 2 is 1.82 bits per heavy atom. The first kappa shape index (κ1) is 27.2. The average Bonchev–Trinajstić information content (AvgIpc) is 3.25. The van der Waals surface area contributed by atoms with Crippen molar-refractivity contribution in [3.63, 3.8) is 0 Å². The molecule has 8 nitrogen and oxygen atoms in total. The van der Waals surface area contributed by atoms with Crippen molar-refractivity contribution in [2.24, 2.45) is 5.73 Å². The third-order valence-corrected chi connectivity index (χ3v) is 6.25. The van der Waals surface area contributed by atoms with Crippen LogP contribution in [0.15, 0.2) is 60.7 Å². The third kappa shape index (κ3) is 6.55. The summed E-state index contributed by atoms with van der Waals surface area (Å²) in [5, 5.41) is 13.4. The maximum Gasteiger partial charge on any atom is 0.573 e. The summed E-state index contributed by atoms with van der Waals surface area (Å²) >= 11 is 12.1.